The molecule has 4 nitrogen and oxygen atoms in total. The van der Waals surface area contributed by atoms with Crippen LogP contribution in [0.1, 0.15) is 10.4 Å². The number of hydrogen-bond acceptors (Lipinski definition) is 2. The lowest BCUT2D eigenvalue weighted by Gasteiger charge is -2.05. The fourth-order valence-corrected chi connectivity index (χ4v) is 2.24. The number of carboxylic acid groups (broad SMARTS) is 1. The Kier molecular flexibility index (Phi) is 3.36. The van der Waals surface area contributed by atoms with E-state index in [4.69, 9.17) is 16.3 Å². The maximum absolute atomic E-state index is 11.2. The van der Waals surface area contributed by atoms with E-state index in [0.717, 1.165) is 5.52 Å². The lowest BCUT2D eigenvalue weighted by atomic mass is 10.2. The molecule has 1 N–H and O–H groups in total. The van der Waals surface area contributed by atoms with Crippen LogP contribution in [0.15, 0.2) is 24.3 Å². The van der Waals surface area contributed by atoms with E-state index in [2.05, 4.69) is 0 Å². The molecule has 0 bridgehead atoms. The molecule has 0 aliphatic rings. The zero-order valence-electron chi connectivity index (χ0n) is 9.31. The topological polar surface area (TPSA) is 51.5 Å². The number of methoxy groups -OCH3 is 1. The highest BCUT2D eigenvalue weighted by atomic mass is 35.5. The Bertz CT molecular complexity index is 562. The summed E-state index contributed by atoms with van der Waals surface area (Å²) in [5.41, 5.74) is 0.963. The van der Waals surface area contributed by atoms with Gasteiger partial charge in [0.15, 0.2) is 0 Å². The summed E-state index contributed by atoms with van der Waals surface area (Å²) in [7, 11) is 1.59. The van der Waals surface area contributed by atoms with Crippen molar-refractivity contribution in [1.29, 1.82) is 0 Å². The third-order valence-corrected chi connectivity index (χ3v) is 3.03. The zero-order chi connectivity index (χ0) is 12.4. The molecular weight excluding hydrogens is 242 g/mol. The number of nitrogens with zero attached hydrogens (tertiary/aromatic N) is 1. The van der Waals surface area contributed by atoms with Gasteiger partial charge in [0.25, 0.3) is 0 Å². The minimum Gasteiger partial charge on any atom is -0.478 e. The molecular formula is C12H12ClNO3. The first-order valence-electron chi connectivity index (χ1n) is 5.15. The Balaban J connectivity index is 2.66. The molecule has 1 aromatic heterocycles. The van der Waals surface area contributed by atoms with Crippen LogP contribution in [-0.4, -0.2) is 29.4 Å². The Hall–Kier alpha value is -1.52. The minimum absolute atomic E-state index is 0.151. The van der Waals surface area contributed by atoms with Crippen LogP contribution in [-0.2, 0) is 11.3 Å². The summed E-state index contributed by atoms with van der Waals surface area (Å²) in [6.45, 7) is 1.01. The molecule has 0 fully saturated rings. The van der Waals surface area contributed by atoms with Gasteiger partial charge in [-0.05, 0) is 6.07 Å². The monoisotopic (exact) mass is 253 g/mol. The van der Waals surface area contributed by atoms with Crippen LogP contribution in [0.3, 0.4) is 0 Å². The highest BCUT2D eigenvalue weighted by Crippen LogP contribution is 2.29. The van der Waals surface area contributed by atoms with E-state index < -0.39 is 5.97 Å². The van der Waals surface area contributed by atoms with Crippen LogP contribution in [0, 0.1) is 0 Å². The molecule has 2 rings (SSSR count). The molecule has 17 heavy (non-hydrogen) atoms. The first-order chi connectivity index (χ1) is 8.16. The molecule has 0 spiro atoms. The van der Waals surface area contributed by atoms with E-state index in [1.54, 1.807) is 23.8 Å². The van der Waals surface area contributed by atoms with Gasteiger partial charge in [0, 0.05) is 19.0 Å². The number of aromatic carboxylic acids is 1. The summed E-state index contributed by atoms with van der Waals surface area (Å²) < 4.78 is 6.75. The molecule has 0 amide bonds. The maximum atomic E-state index is 11.2. The van der Waals surface area contributed by atoms with E-state index in [1.807, 2.05) is 12.1 Å². The maximum Gasteiger partial charge on any atom is 0.339 e. The smallest absolute Gasteiger partial charge is 0.339 e. The zero-order valence-corrected chi connectivity index (χ0v) is 10.1. The Morgan fingerprint density at radius 1 is 1.47 bits per heavy atom. The summed E-state index contributed by atoms with van der Waals surface area (Å²) >= 11 is 6.11. The highest BCUT2D eigenvalue weighted by Gasteiger charge is 2.20. The fraction of sp³-hybridized carbons (Fsp3) is 0.250. The number of para-hydroxylation sites is 1. The second-order valence-electron chi connectivity index (χ2n) is 3.63. The van der Waals surface area contributed by atoms with Crippen molar-refractivity contribution in [2.75, 3.05) is 13.7 Å². The summed E-state index contributed by atoms with van der Waals surface area (Å²) in [5.74, 6) is -1.01. The summed E-state index contributed by atoms with van der Waals surface area (Å²) in [6, 6.07) is 7.26. The molecule has 0 saturated carbocycles. The molecule has 0 atom stereocenters. The molecule has 1 heterocycles. The van der Waals surface area contributed by atoms with Crippen molar-refractivity contribution in [2.45, 2.75) is 6.54 Å². The van der Waals surface area contributed by atoms with Crippen LogP contribution in [0.2, 0.25) is 5.15 Å². The minimum atomic E-state index is -1.01. The van der Waals surface area contributed by atoms with Crippen molar-refractivity contribution in [3.8, 4) is 0 Å². The lowest BCUT2D eigenvalue weighted by molar-refractivity contribution is 0.0699. The van der Waals surface area contributed by atoms with Crippen molar-refractivity contribution >= 4 is 28.5 Å². The Morgan fingerprint density at radius 3 is 2.82 bits per heavy atom. The van der Waals surface area contributed by atoms with Crippen LogP contribution in [0.5, 0.6) is 0 Å². The molecule has 5 heteroatoms. The first kappa shape index (κ1) is 12.0. The van der Waals surface area contributed by atoms with E-state index >= 15 is 0 Å². The summed E-state index contributed by atoms with van der Waals surface area (Å²) in [4.78, 5) is 11.2. The number of rotatable bonds is 4. The molecule has 0 aliphatic heterocycles. The van der Waals surface area contributed by atoms with Gasteiger partial charge in [-0.25, -0.2) is 4.79 Å². The summed E-state index contributed by atoms with van der Waals surface area (Å²) in [6.07, 6.45) is 0. The average molecular weight is 254 g/mol. The van der Waals surface area contributed by atoms with Crippen molar-refractivity contribution in [2.24, 2.45) is 0 Å². The van der Waals surface area contributed by atoms with Crippen LogP contribution in [0.4, 0.5) is 0 Å². The molecule has 0 aliphatic carbocycles. The quantitative estimate of drug-likeness (QED) is 0.911. The normalized spacial score (nSPS) is 10.9. The predicted molar refractivity (Wildman–Crippen MR) is 65.8 cm³/mol. The first-order valence-corrected chi connectivity index (χ1v) is 5.53. The second kappa shape index (κ2) is 4.77. The van der Waals surface area contributed by atoms with Crippen molar-refractivity contribution < 1.29 is 14.6 Å². The number of benzene rings is 1. The van der Waals surface area contributed by atoms with E-state index in [0.29, 0.717) is 18.5 Å². The number of ether oxygens (including phenoxy) is 1. The molecule has 2 aromatic rings. The Labute approximate surface area is 103 Å². The molecule has 0 unspecified atom stereocenters. The highest BCUT2D eigenvalue weighted by molar-refractivity contribution is 6.35. The van der Waals surface area contributed by atoms with Crippen molar-refractivity contribution in [3.63, 3.8) is 0 Å². The van der Waals surface area contributed by atoms with Crippen LogP contribution in [0.25, 0.3) is 10.9 Å². The van der Waals surface area contributed by atoms with Crippen molar-refractivity contribution in [1.82, 2.24) is 4.57 Å². The standard InChI is InChI=1S/C12H12ClNO3/c1-17-7-6-14-9-5-3-2-4-8(9)10(11(14)13)12(15)16/h2-5H,6-7H2,1H3,(H,15,16). The van der Waals surface area contributed by atoms with E-state index in [1.165, 1.54) is 0 Å². The van der Waals surface area contributed by atoms with E-state index in [-0.39, 0.29) is 10.7 Å². The van der Waals surface area contributed by atoms with Gasteiger partial charge in [-0.2, -0.15) is 0 Å². The van der Waals surface area contributed by atoms with Gasteiger partial charge in [-0.3, -0.25) is 0 Å². The molecule has 0 radical (unpaired) electrons. The van der Waals surface area contributed by atoms with Gasteiger partial charge in [0.05, 0.1) is 12.1 Å². The average Bonchev–Trinajstić information content (AvgIpc) is 2.58. The molecule has 1 aromatic carbocycles. The third-order valence-electron chi connectivity index (χ3n) is 2.64. The summed E-state index contributed by atoms with van der Waals surface area (Å²) in [5, 5.41) is 10.1. The van der Waals surface area contributed by atoms with Gasteiger partial charge in [0.1, 0.15) is 10.7 Å². The van der Waals surface area contributed by atoms with Gasteiger partial charge in [0.2, 0.25) is 0 Å². The largest absolute Gasteiger partial charge is 0.478 e. The lowest BCUT2D eigenvalue weighted by Crippen LogP contribution is -2.05. The van der Waals surface area contributed by atoms with Crippen molar-refractivity contribution in [3.05, 3.63) is 35.0 Å². The van der Waals surface area contributed by atoms with E-state index in [9.17, 15) is 9.90 Å². The third kappa shape index (κ3) is 2.01. The number of hydrogen-bond donors (Lipinski definition) is 1. The van der Waals surface area contributed by atoms with Gasteiger partial charge >= 0.3 is 5.97 Å². The fourth-order valence-electron chi connectivity index (χ4n) is 1.88. The van der Waals surface area contributed by atoms with Gasteiger partial charge in [-0.15, -0.1) is 0 Å². The number of fused-ring (bicyclic) bond motifs is 1. The van der Waals surface area contributed by atoms with Crippen LogP contribution < -0.4 is 0 Å². The molecule has 90 valence electrons. The number of aromatic nitrogens is 1. The number of halogens is 1. The van der Waals surface area contributed by atoms with Gasteiger partial charge in [-0.1, -0.05) is 29.8 Å². The van der Waals surface area contributed by atoms with Gasteiger partial charge < -0.3 is 14.4 Å². The number of carbonyl (C=O) groups is 1. The van der Waals surface area contributed by atoms with Crippen LogP contribution >= 0.6 is 11.6 Å². The SMILES string of the molecule is COCCn1c(Cl)c(C(=O)O)c2ccccc21. The molecule has 0 saturated heterocycles. The second-order valence-corrected chi connectivity index (χ2v) is 3.99. The Morgan fingerprint density at radius 2 is 2.18 bits per heavy atom. The number of carboxylic acids is 1. The predicted octanol–water partition coefficient (Wildman–Crippen LogP) is 2.64.